The molecule has 1 N–H and O–H groups in total. The zero-order chi connectivity index (χ0) is 14.8. The van der Waals surface area contributed by atoms with Crippen molar-refractivity contribution in [2.75, 3.05) is 30.5 Å². The molecular weight excluding hydrogens is 278 g/mol. The number of ether oxygens (including phenoxy) is 1. The Labute approximate surface area is 120 Å². The van der Waals surface area contributed by atoms with Gasteiger partial charge in [-0.1, -0.05) is 0 Å². The number of sulfone groups is 1. The van der Waals surface area contributed by atoms with Crippen LogP contribution in [0.15, 0.2) is 6.20 Å². The highest BCUT2D eigenvalue weighted by atomic mass is 32.2. The maximum absolute atomic E-state index is 11.5. The molecule has 1 aromatic rings. The molecular formula is C13H23N3O3S. The molecule has 0 aliphatic carbocycles. The highest BCUT2D eigenvalue weighted by molar-refractivity contribution is 7.91. The first-order valence-electron chi connectivity index (χ1n) is 6.89. The van der Waals surface area contributed by atoms with E-state index in [0.717, 1.165) is 18.1 Å². The fourth-order valence-electron chi connectivity index (χ4n) is 2.61. The van der Waals surface area contributed by atoms with Crippen molar-refractivity contribution in [3.63, 3.8) is 0 Å². The summed E-state index contributed by atoms with van der Waals surface area (Å²) in [6, 6.07) is 0.160. The van der Waals surface area contributed by atoms with E-state index in [1.54, 1.807) is 7.11 Å². The first-order chi connectivity index (χ1) is 9.39. The Hall–Kier alpha value is -1.08. The fraction of sp³-hybridized carbons (Fsp3) is 0.769. The molecule has 1 aliphatic heterocycles. The van der Waals surface area contributed by atoms with Crippen molar-refractivity contribution in [2.45, 2.75) is 32.9 Å². The second-order valence-corrected chi connectivity index (χ2v) is 7.86. The Bertz CT molecular complexity index is 553. The van der Waals surface area contributed by atoms with Gasteiger partial charge in [0.15, 0.2) is 9.84 Å². The normalized spacial score (nSPS) is 22.9. The van der Waals surface area contributed by atoms with Crippen LogP contribution in [0.3, 0.4) is 0 Å². The lowest BCUT2D eigenvalue weighted by Gasteiger charge is -2.16. The number of hydrogen-bond acceptors (Lipinski definition) is 5. The Kier molecular flexibility index (Phi) is 4.70. The summed E-state index contributed by atoms with van der Waals surface area (Å²) in [7, 11) is -1.16. The first kappa shape index (κ1) is 15.3. The van der Waals surface area contributed by atoms with Crippen molar-refractivity contribution in [1.82, 2.24) is 9.55 Å². The molecule has 114 valence electrons. The predicted molar refractivity (Wildman–Crippen MR) is 78.7 cm³/mol. The molecule has 1 aliphatic rings. The van der Waals surface area contributed by atoms with Crippen molar-refractivity contribution in [2.24, 2.45) is 5.92 Å². The lowest BCUT2D eigenvalue weighted by molar-refractivity contribution is 0.190. The summed E-state index contributed by atoms with van der Waals surface area (Å²) in [5.41, 5.74) is 0.929. The SMILES string of the molecule is COCC(C)Nc1nc(C)cn1CC1CCS(=O)(=O)C1. The van der Waals surface area contributed by atoms with Crippen LogP contribution < -0.4 is 5.32 Å². The van der Waals surface area contributed by atoms with Crippen molar-refractivity contribution < 1.29 is 13.2 Å². The molecule has 0 radical (unpaired) electrons. The zero-order valence-electron chi connectivity index (χ0n) is 12.3. The van der Waals surface area contributed by atoms with Gasteiger partial charge in [0.25, 0.3) is 0 Å². The van der Waals surface area contributed by atoms with E-state index < -0.39 is 9.84 Å². The van der Waals surface area contributed by atoms with Gasteiger partial charge in [-0.3, -0.25) is 0 Å². The van der Waals surface area contributed by atoms with Gasteiger partial charge in [0.05, 0.1) is 23.8 Å². The van der Waals surface area contributed by atoms with Crippen LogP contribution in [-0.4, -0.2) is 49.2 Å². The Morgan fingerprint density at radius 3 is 2.95 bits per heavy atom. The van der Waals surface area contributed by atoms with Crippen molar-refractivity contribution in [3.05, 3.63) is 11.9 Å². The lowest BCUT2D eigenvalue weighted by atomic mass is 10.1. The Morgan fingerprint density at radius 1 is 1.60 bits per heavy atom. The third-order valence-electron chi connectivity index (χ3n) is 3.47. The number of nitrogens with one attached hydrogen (secondary N) is 1. The molecule has 2 heterocycles. The number of hydrogen-bond donors (Lipinski definition) is 1. The summed E-state index contributed by atoms with van der Waals surface area (Å²) in [6.45, 7) is 5.26. The van der Waals surface area contributed by atoms with Crippen molar-refractivity contribution >= 4 is 15.8 Å². The minimum absolute atomic E-state index is 0.160. The summed E-state index contributed by atoms with van der Waals surface area (Å²) in [4.78, 5) is 4.46. The van der Waals surface area contributed by atoms with E-state index in [1.807, 2.05) is 24.6 Å². The van der Waals surface area contributed by atoms with Crippen molar-refractivity contribution in [1.29, 1.82) is 0 Å². The molecule has 1 aromatic heterocycles. The smallest absolute Gasteiger partial charge is 0.203 e. The average Bonchev–Trinajstić information content (AvgIpc) is 2.83. The van der Waals surface area contributed by atoms with E-state index in [4.69, 9.17) is 4.74 Å². The van der Waals surface area contributed by atoms with Gasteiger partial charge in [-0.2, -0.15) is 0 Å². The molecule has 0 bridgehead atoms. The second kappa shape index (κ2) is 6.13. The summed E-state index contributed by atoms with van der Waals surface area (Å²) in [5.74, 6) is 1.58. The molecule has 2 rings (SSSR count). The number of nitrogens with zero attached hydrogens (tertiary/aromatic N) is 2. The molecule has 0 saturated carbocycles. The van der Waals surface area contributed by atoms with Crippen molar-refractivity contribution in [3.8, 4) is 0 Å². The van der Waals surface area contributed by atoms with Gasteiger partial charge < -0.3 is 14.6 Å². The molecule has 6 nitrogen and oxygen atoms in total. The summed E-state index contributed by atoms with van der Waals surface area (Å²) in [5, 5.41) is 3.30. The Balaban J connectivity index is 2.04. The number of methoxy groups -OCH3 is 1. The van der Waals surface area contributed by atoms with E-state index in [-0.39, 0.29) is 17.7 Å². The molecule has 7 heteroatoms. The average molecular weight is 301 g/mol. The molecule has 0 amide bonds. The highest BCUT2D eigenvalue weighted by Crippen LogP contribution is 2.22. The summed E-state index contributed by atoms with van der Waals surface area (Å²) in [6.07, 6.45) is 2.71. The Morgan fingerprint density at radius 2 is 2.35 bits per heavy atom. The van der Waals surface area contributed by atoms with Crippen LogP contribution in [0.2, 0.25) is 0 Å². The van der Waals surface area contributed by atoms with Crippen LogP contribution in [-0.2, 0) is 21.1 Å². The fourth-order valence-corrected chi connectivity index (χ4v) is 4.46. The van der Waals surface area contributed by atoms with Crippen LogP contribution in [0.5, 0.6) is 0 Å². The van der Waals surface area contributed by atoms with Gasteiger partial charge in [-0.25, -0.2) is 13.4 Å². The number of rotatable bonds is 6. The minimum Gasteiger partial charge on any atom is -0.383 e. The molecule has 0 aromatic carbocycles. The van der Waals surface area contributed by atoms with E-state index >= 15 is 0 Å². The topological polar surface area (TPSA) is 73.2 Å². The van der Waals surface area contributed by atoms with E-state index in [2.05, 4.69) is 10.3 Å². The van der Waals surface area contributed by atoms with Gasteiger partial charge in [0.1, 0.15) is 0 Å². The van der Waals surface area contributed by atoms with E-state index in [1.165, 1.54) is 0 Å². The molecule has 20 heavy (non-hydrogen) atoms. The third-order valence-corrected chi connectivity index (χ3v) is 5.31. The van der Waals surface area contributed by atoms with Crippen LogP contribution in [0.25, 0.3) is 0 Å². The van der Waals surface area contributed by atoms with Crippen LogP contribution in [0.1, 0.15) is 19.0 Å². The first-order valence-corrected chi connectivity index (χ1v) is 8.71. The minimum atomic E-state index is -2.83. The van der Waals surface area contributed by atoms with Gasteiger partial charge in [-0.15, -0.1) is 0 Å². The number of imidazole rings is 1. The van der Waals surface area contributed by atoms with Gasteiger partial charge in [-0.05, 0) is 26.2 Å². The molecule has 1 saturated heterocycles. The summed E-state index contributed by atoms with van der Waals surface area (Å²) >= 11 is 0. The standard InChI is InChI=1S/C13H23N3O3S/c1-10-6-16(7-12-4-5-20(17,18)9-12)13(14-10)15-11(2)8-19-3/h6,11-12H,4-5,7-9H2,1-3H3,(H,14,15). The van der Waals surface area contributed by atoms with Crippen LogP contribution >= 0.6 is 0 Å². The van der Waals surface area contributed by atoms with Gasteiger partial charge >= 0.3 is 0 Å². The maximum Gasteiger partial charge on any atom is 0.203 e. The molecule has 2 atom stereocenters. The zero-order valence-corrected chi connectivity index (χ0v) is 13.1. The highest BCUT2D eigenvalue weighted by Gasteiger charge is 2.28. The van der Waals surface area contributed by atoms with Gasteiger partial charge in [0.2, 0.25) is 5.95 Å². The summed E-state index contributed by atoms with van der Waals surface area (Å²) < 4.78 is 30.2. The monoisotopic (exact) mass is 301 g/mol. The lowest BCUT2D eigenvalue weighted by Crippen LogP contribution is -2.24. The van der Waals surface area contributed by atoms with Crippen LogP contribution in [0, 0.1) is 12.8 Å². The number of anilines is 1. The maximum atomic E-state index is 11.5. The number of aromatic nitrogens is 2. The largest absolute Gasteiger partial charge is 0.383 e. The number of aryl methyl sites for hydroxylation is 1. The molecule has 0 spiro atoms. The third kappa shape index (κ3) is 3.96. The quantitative estimate of drug-likeness (QED) is 0.851. The van der Waals surface area contributed by atoms with E-state index in [9.17, 15) is 8.42 Å². The van der Waals surface area contributed by atoms with E-state index in [0.29, 0.717) is 18.9 Å². The van der Waals surface area contributed by atoms with Crippen LogP contribution in [0.4, 0.5) is 5.95 Å². The molecule has 2 unspecified atom stereocenters. The predicted octanol–water partition coefficient (Wildman–Crippen LogP) is 1.07. The molecule has 1 fully saturated rings. The van der Waals surface area contributed by atoms with Gasteiger partial charge in [0, 0.05) is 25.9 Å². The second-order valence-electron chi connectivity index (χ2n) is 5.63.